The van der Waals surface area contributed by atoms with Gasteiger partial charge in [0.1, 0.15) is 11.6 Å². The molecule has 0 aliphatic heterocycles. The Morgan fingerprint density at radius 3 is 2.13 bits per heavy atom. The third kappa shape index (κ3) is 3.01. The van der Waals surface area contributed by atoms with Gasteiger partial charge in [0.15, 0.2) is 0 Å². The van der Waals surface area contributed by atoms with Crippen molar-refractivity contribution in [2.75, 3.05) is 0 Å². The zero-order chi connectivity index (χ0) is 11.4. The van der Waals surface area contributed by atoms with Crippen LogP contribution in [0.5, 0.6) is 0 Å². The van der Waals surface area contributed by atoms with Crippen LogP contribution in [-0.4, -0.2) is 17.2 Å². The molecule has 0 aromatic heterocycles. The molecule has 0 saturated carbocycles. The molecule has 2 nitrogen and oxygen atoms in total. The second-order valence-corrected chi connectivity index (χ2v) is 3.45. The molecule has 0 bridgehead atoms. The minimum Gasteiger partial charge on any atom is -0.423 e. The molecule has 0 atom stereocenters. The molecule has 0 aliphatic carbocycles. The van der Waals surface area contributed by atoms with Crippen LogP contribution in [0, 0.1) is 11.6 Å². The van der Waals surface area contributed by atoms with Crippen molar-refractivity contribution in [3.8, 4) is 0 Å². The molecule has 0 heterocycles. The van der Waals surface area contributed by atoms with Crippen molar-refractivity contribution >= 4 is 12.6 Å². The Hall–Kier alpha value is -0.935. The predicted octanol–water partition coefficient (Wildman–Crippen LogP) is 0.987. The standard InChI is InChI=1S/C10H13BF2O2/c1-2-3-4-7-5-8(12)10(11(14)15)9(13)6-7/h5-6,14-15H,2-4H2,1H3. The molecule has 0 spiro atoms. The van der Waals surface area contributed by atoms with Gasteiger partial charge in [0.05, 0.1) is 5.46 Å². The van der Waals surface area contributed by atoms with Crippen LogP contribution in [0.15, 0.2) is 12.1 Å². The van der Waals surface area contributed by atoms with Crippen LogP contribution in [0.4, 0.5) is 8.78 Å². The average Bonchev–Trinajstić information content (AvgIpc) is 2.12. The van der Waals surface area contributed by atoms with Crippen LogP contribution in [0.1, 0.15) is 25.3 Å². The second-order valence-electron chi connectivity index (χ2n) is 3.45. The van der Waals surface area contributed by atoms with Gasteiger partial charge < -0.3 is 10.0 Å². The first-order chi connectivity index (χ1) is 7.06. The van der Waals surface area contributed by atoms with E-state index in [0.717, 1.165) is 25.0 Å². The fraction of sp³-hybridized carbons (Fsp3) is 0.400. The van der Waals surface area contributed by atoms with E-state index in [-0.39, 0.29) is 0 Å². The van der Waals surface area contributed by atoms with E-state index in [1.807, 2.05) is 6.92 Å². The summed E-state index contributed by atoms with van der Waals surface area (Å²) < 4.78 is 26.5. The highest BCUT2D eigenvalue weighted by atomic mass is 19.1. The zero-order valence-corrected chi connectivity index (χ0v) is 8.50. The Kier molecular flexibility index (Phi) is 4.23. The van der Waals surface area contributed by atoms with Crippen molar-refractivity contribution in [2.24, 2.45) is 0 Å². The molecular formula is C10H13BF2O2. The van der Waals surface area contributed by atoms with Crippen molar-refractivity contribution in [3.05, 3.63) is 29.3 Å². The van der Waals surface area contributed by atoms with E-state index >= 15 is 0 Å². The lowest BCUT2D eigenvalue weighted by Crippen LogP contribution is -2.35. The van der Waals surface area contributed by atoms with Gasteiger partial charge in [-0.15, -0.1) is 0 Å². The normalized spacial score (nSPS) is 10.5. The molecule has 1 rings (SSSR count). The molecule has 15 heavy (non-hydrogen) atoms. The summed E-state index contributed by atoms with van der Waals surface area (Å²) in [4.78, 5) is 0. The molecule has 0 saturated heterocycles. The van der Waals surface area contributed by atoms with Crippen LogP contribution in [0.2, 0.25) is 0 Å². The Balaban J connectivity index is 2.97. The van der Waals surface area contributed by atoms with Gasteiger partial charge in [-0.1, -0.05) is 13.3 Å². The van der Waals surface area contributed by atoms with Crippen molar-refractivity contribution in [1.82, 2.24) is 0 Å². The quantitative estimate of drug-likeness (QED) is 0.733. The third-order valence-electron chi connectivity index (χ3n) is 2.22. The summed E-state index contributed by atoms with van der Waals surface area (Å²) in [6.45, 7) is 1.98. The van der Waals surface area contributed by atoms with Crippen LogP contribution >= 0.6 is 0 Å². The second kappa shape index (κ2) is 5.23. The number of aryl methyl sites for hydroxylation is 1. The number of hydrogen-bond acceptors (Lipinski definition) is 2. The van der Waals surface area contributed by atoms with Gasteiger partial charge in [0, 0.05) is 0 Å². The van der Waals surface area contributed by atoms with E-state index in [2.05, 4.69) is 0 Å². The van der Waals surface area contributed by atoms with Crippen molar-refractivity contribution in [2.45, 2.75) is 26.2 Å². The molecule has 0 aliphatic rings. The van der Waals surface area contributed by atoms with E-state index in [1.165, 1.54) is 0 Å². The molecule has 0 unspecified atom stereocenters. The highest BCUT2D eigenvalue weighted by molar-refractivity contribution is 6.58. The first kappa shape index (κ1) is 12.1. The van der Waals surface area contributed by atoms with Crippen molar-refractivity contribution in [1.29, 1.82) is 0 Å². The largest absolute Gasteiger partial charge is 0.494 e. The zero-order valence-electron chi connectivity index (χ0n) is 8.50. The number of rotatable bonds is 4. The predicted molar refractivity (Wildman–Crippen MR) is 54.8 cm³/mol. The van der Waals surface area contributed by atoms with Gasteiger partial charge in [0.2, 0.25) is 0 Å². The maximum atomic E-state index is 13.2. The van der Waals surface area contributed by atoms with Crippen molar-refractivity contribution < 1.29 is 18.8 Å². The first-order valence-electron chi connectivity index (χ1n) is 4.90. The summed E-state index contributed by atoms with van der Waals surface area (Å²) in [5.74, 6) is -1.81. The van der Waals surface area contributed by atoms with E-state index in [9.17, 15) is 8.78 Å². The molecule has 5 heteroatoms. The number of unbranched alkanes of at least 4 members (excludes halogenated alkanes) is 1. The highest BCUT2D eigenvalue weighted by Crippen LogP contribution is 2.09. The van der Waals surface area contributed by atoms with E-state index in [0.29, 0.717) is 12.0 Å². The van der Waals surface area contributed by atoms with Crippen LogP contribution < -0.4 is 5.46 Å². The fourth-order valence-corrected chi connectivity index (χ4v) is 1.41. The average molecular weight is 214 g/mol. The summed E-state index contributed by atoms with van der Waals surface area (Å²) >= 11 is 0. The topological polar surface area (TPSA) is 40.5 Å². The summed E-state index contributed by atoms with van der Waals surface area (Å²) in [5, 5.41) is 17.5. The molecule has 0 amide bonds. The Morgan fingerprint density at radius 1 is 1.20 bits per heavy atom. The third-order valence-corrected chi connectivity index (χ3v) is 2.22. The summed E-state index contributed by atoms with van der Waals surface area (Å²) in [5.41, 5.74) is -0.147. The minimum atomic E-state index is -2.11. The van der Waals surface area contributed by atoms with Crippen LogP contribution in [-0.2, 0) is 6.42 Å². The monoisotopic (exact) mass is 214 g/mol. The van der Waals surface area contributed by atoms with Crippen molar-refractivity contribution in [3.63, 3.8) is 0 Å². The van der Waals surface area contributed by atoms with Gasteiger partial charge in [-0.3, -0.25) is 0 Å². The lowest BCUT2D eigenvalue weighted by Gasteiger charge is -2.06. The maximum Gasteiger partial charge on any atom is 0.494 e. The van der Waals surface area contributed by atoms with E-state index < -0.39 is 24.2 Å². The van der Waals surface area contributed by atoms with Gasteiger partial charge in [-0.25, -0.2) is 8.78 Å². The summed E-state index contributed by atoms with van der Waals surface area (Å²) in [7, 11) is -2.11. The Morgan fingerprint density at radius 2 is 1.73 bits per heavy atom. The molecule has 1 aromatic rings. The SMILES string of the molecule is CCCCc1cc(F)c(B(O)O)c(F)c1. The lowest BCUT2D eigenvalue weighted by molar-refractivity contribution is 0.419. The smallest absolute Gasteiger partial charge is 0.423 e. The van der Waals surface area contributed by atoms with Crippen LogP contribution in [0.25, 0.3) is 0 Å². The molecule has 0 fully saturated rings. The summed E-state index contributed by atoms with van der Waals surface area (Å²) in [6.07, 6.45) is 2.37. The lowest BCUT2D eigenvalue weighted by atomic mass is 9.78. The minimum absolute atomic E-state index is 0.538. The molecule has 82 valence electrons. The number of benzene rings is 1. The molecule has 1 aromatic carbocycles. The maximum absolute atomic E-state index is 13.2. The summed E-state index contributed by atoms with van der Waals surface area (Å²) in [6, 6.07) is 2.29. The Bertz CT molecular complexity index is 319. The van der Waals surface area contributed by atoms with E-state index in [1.54, 1.807) is 0 Å². The molecular weight excluding hydrogens is 201 g/mol. The van der Waals surface area contributed by atoms with Gasteiger partial charge in [0.25, 0.3) is 0 Å². The van der Waals surface area contributed by atoms with Gasteiger partial charge >= 0.3 is 7.12 Å². The van der Waals surface area contributed by atoms with Gasteiger partial charge in [-0.05, 0) is 30.5 Å². The first-order valence-corrected chi connectivity index (χ1v) is 4.90. The highest BCUT2D eigenvalue weighted by Gasteiger charge is 2.22. The molecule has 2 N–H and O–H groups in total. The number of hydrogen-bond donors (Lipinski definition) is 2. The Labute approximate surface area is 87.7 Å². The fourth-order valence-electron chi connectivity index (χ4n) is 1.41. The van der Waals surface area contributed by atoms with Gasteiger partial charge in [-0.2, -0.15) is 0 Å². The van der Waals surface area contributed by atoms with E-state index in [4.69, 9.17) is 10.0 Å². The van der Waals surface area contributed by atoms with Crippen LogP contribution in [0.3, 0.4) is 0 Å². The molecule has 0 radical (unpaired) electrons. The number of halogens is 2.